The van der Waals surface area contributed by atoms with Crippen molar-refractivity contribution in [1.82, 2.24) is 0 Å². The highest BCUT2D eigenvalue weighted by atomic mass is 35.5. The monoisotopic (exact) mass is 244 g/mol. The van der Waals surface area contributed by atoms with Gasteiger partial charge in [0.1, 0.15) is 0 Å². The number of halogens is 1. The molecule has 0 aliphatic rings. The highest BCUT2D eigenvalue weighted by Crippen LogP contribution is 2.24. The van der Waals surface area contributed by atoms with Crippen LogP contribution in [0.2, 0.25) is 0 Å². The first-order chi connectivity index (χ1) is 7.19. The van der Waals surface area contributed by atoms with Crippen LogP contribution < -0.4 is 0 Å². The molecular formula is C11H13ClO2S. The molecule has 0 heterocycles. The summed E-state index contributed by atoms with van der Waals surface area (Å²) < 4.78 is 4.84. The number of benzene rings is 1. The van der Waals surface area contributed by atoms with E-state index in [1.165, 1.54) is 0 Å². The fourth-order valence-electron chi connectivity index (χ4n) is 1.12. The van der Waals surface area contributed by atoms with E-state index < -0.39 is 11.3 Å². The molecule has 0 bridgehead atoms. The zero-order valence-corrected chi connectivity index (χ0v) is 10.3. The van der Waals surface area contributed by atoms with Crippen molar-refractivity contribution in [2.75, 3.05) is 12.9 Å². The van der Waals surface area contributed by atoms with E-state index in [1.54, 1.807) is 18.7 Å². The second kappa shape index (κ2) is 6.03. The van der Waals surface area contributed by atoms with E-state index in [0.29, 0.717) is 6.61 Å². The summed E-state index contributed by atoms with van der Waals surface area (Å²) in [6.45, 7) is 2.11. The third-order valence-electron chi connectivity index (χ3n) is 1.90. The zero-order valence-electron chi connectivity index (χ0n) is 8.70. The average molecular weight is 245 g/mol. The molecular weight excluding hydrogens is 232 g/mol. The van der Waals surface area contributed by atoms with E-state index in [1.807, 2.05) is 30.5 Å². The molecule has 1 aromatic rings. The van der Waals surface area contributed by atoms with Crippen LogP contribution in [0.1, 0.15) is 17.9 Å². The van der Waals surface area contributed by atoms with Gasteiger partial charge >= 0.3 is 5.97 Å². The molecule has 0 saturated heterocycles. The summed E-state index contributed by atoms with van der Waals surface area (Å²) in [6, 6.07) is 7.57. The second-order valence-electron chi connectivity index (χ2n) is 2.89. The van der Waals surface area contributed by atoms with E-state index in [-0.39, 0.29) is 0 Å². The first kappa shape index (κ1) is 12.4. The molecule has 82 valence electrons. The molecule has 1 rings (SSSR count). The van der Waals surface area contributed by atoms with Crippen LogP contribution in [0.5, 0.6) is 0 Å². The predicted molar refractivity (Wildman–Crippen MR) is 63.5 cm³/mol. The van der Waals surface area contributed by atoms with Crippen molar-refractivity contribution in [3.05, 3.63) is 29.8 Å². The number of ether oxygens (including phenoxy) is 1. The Labute approximate surface area is 99.0 Å². The number of thioether (sulfide) groups is 1. The molecule has 1 aromatic carbocycles. The van der Waals surface area contributed by atoms with Crippen molar-refractivity contribution >= 4 is 29.3 Å². The van der Waals surface area contributed by atoms with Crippen LogP contribution in [0.15, 0.2) is 29.2 Å². The van der Waals surface area contributed by atoms with E-state index in [9.17, 15) is 4.79 Å². The Morgan fingerprint density at radius 3 is 2.53 bits per heavy atom. The maximum absolute atomic E-state index is 11.3. The Hall–Kier alpha value is -0.670. The lowest BCUT2D eigenvalue weighted by atomic mass is 10.1. The standard InChI is InChI=1S/C11H13ClO2S/c1-3-14-11(13)10(12)8-4-6-9(15-2)7-5-8/h4-7,10H,3H2,1-2H3/t10-/m0/s1. The minimum absolute atomic E-state index is 0.352. The highest BCUT2D eigenvalue weighted by molar-refractivity contribution is 7.98. The van der Waals surface area contributed by atoms with Gasteiger partial charge in [-0.25, -0.2) is 0 Å². The Kier molecular flexibility index (Phi) is 4.99. The van der Waals surface area contributed by atoms with E-state index >= 15 is 0 Å². The molecule has 2 nitrogen and oxygen atoms in total. The summed E-state index contributed by atoms with van der Waals surface area (Å²) in [7, 11) is 0. The molecule has 0 radical (unpaired) electrons. The first-order valence-corrected chi connectivity index (χ1v) is 6.29. The summed E-state index contributed by atoms with van der Waals surface area (Å²) in [6.07, 6.45) is 2.00. The summed E-state index contributed by atoms with van der Waals surface area (Å²) in [5, 5.41) is -0.708. The van der Waals surface area contributed by atoms with Gasteiger partial charge in [-0.3, -0.25) is 4.79 Å². The number of hydrogen-bond acceptors (Lipinski definition) is 3. The molecule has 0 fully saturated rings. The molecule has 0 amide bonds. The molecule has 15 heavy (non-hydrogen) atoms. The minimum Gasteiger partial charge on any atom is -0.465 e. The van der Waals surface area contributed by atoms with Crippen LogP contribution in [0.25, 0.3) is 0 Å². The molecule has 0 N–H and O–H groups in total. The largest absolute Gasteiger partial charge is 0.465 e. The predicted octanol–water partition coefficient (Wildman–Crippen LogP) is 3.25. The summed E-state index contributed by atoms with van der Waals surface area (Å²) in [5.41, 5.74) is 0.771. The Morgan fingerprint density at radius 1 is 1.47 bits per heavy atom. The van der Waals surface area contributed by atoms with Crippen LogP contribution in [-0.2, 0) is 9.53 Å². The van der Waals surface area contributed by atoms with Gasteiger partial charge in [0.25, 0.3) is 0 Å². The van der Waals surface area contributed by atoms with Gasteiger partial charge in [-0.1, -0.05) is 12.1 Å². The van der Waals surface area contributed by atoms with Crippen molar-refractivity contribution in [3.63, 3.8) is 0 Å². The number of rotatable bonds is 4. The molecule has 0 aliphatic heterocycles. The SMILES string of the molecule is CCOC(=O)[C@@H](Cl)c1ccc(SC)cc1. The topological polar surface area (TPSA) is 26.3 Å². The Bertz CT molecular complexity index is 324. The van der Waals surface area contributed by atoms with Gasteiger partial charge in [-0.05, 0) is 30.9 Å². The highest BCUT2D eigenvalue weighted by Gasteiger charge is 2.18. The average Bonchev–Trinajstić information content (AvgIpc) is 2.28. The Morgan fingerprint density at radius 2 is 2.07 bits per heavy atom. The lowest BCUT2D eigenvalue weighted by Crippen LogP contribution is -2.10. The second-order valence-corrected chi connectivity index (χ2v) is 4.20. The van der Waals surface area contributed by atoms with Gasteiger partial charge < -0.3 is 4.74 Å². The van der Waals surface area contributed by atoms with E-state index in [4.69, 9.17) is 16.3 Å². The number of alkyl halides is 1. The molecule has 1 atom stereocenters. The molecule has 0 saturated carbocycles. The quantitative estimate of drug-likeness (QED) is 0.462. The van der Waals surface area contributed by atoms with Crippen LogP contribution in [0, 0.1) is 0 Å². The van der Waals surface area contributed by atoms with Gasteiger partial charge in [-0.2, -0.15) is 0 Å². The smallest absolute Gasteiger partial charge is 0.328 e. The van der Waals surface area contributed by atoms with Crippen molar-refractivity contribution in [2.45, 2.75) is 17.2 Å². The lowest BCUT2D eigenvalue weighted by molar-refractivity contribution is -0.142. The summed E-state index contributed by atoms with van der Waals surface area (Å²) in [4.78, 5) is 12.5. The van der Waals surface area contributed by atoms with Gasteiger partial charge in [0.2, 0.25) is 0 Å². The van der Waals surface area contributed by atoms with Gasteiger partial charge in [0.15, 0.2) is 5.38 Å². The molecule has 0 spiro atoms. The fraction of sp³-hybridized carbons (Fsp3) is 0.364. The maximum Gasteiger partial charge on any atom is 0.328 e. The van der Waals surface area contributed by atoms with Crippen LogP contribution in [0.3, 0.4) is 0 Å². The van der Waals surface area contributed by atoms with Crippen molar-refractivity contribution < 1.29 is 9.53 Å². The lowest BCUT2D eigenvalue weighted by Gasteiger charge is -2.09. The van der Waals surface area contributed by atoms with Crippen molar-refractivity contribution in [2.24, 2.45) is 0 Å². The molecule has 0 aromatic heterocycles. The number of hydrogen-bond donors (Lipinski definition) is 0. The molecule has 0 unspecified atom stereocenters. The molecule has 4 heteroatoms. The van der Waals surface area contributed by atoms with Crippen LogP contribution >= 0.6 is 23.4 Å². The van der Waals surface area contributed by atoms with Gasteiger partial charge in [-0.15, -0.1) is 23.4 Å². The third-order valence-corrected chi connectivity index (χ3v) is 3.08. The normalized spacial score (nSPS) is 12.2. The summed E-state index contributed by atoms with van der Waals surface area (Å²) >= 11 is 7.60. The van der Waals surface area contributed by atoms with Crippen molar-refractivity contribution in [1.29, 1.82) is 0 Å². The zero-order chi connectivity index (χ0) is 11.3. The number of esters is 1. The van der Waals surface area contributed by atoms with Crippen LogP contribution in [0.4, 0.5) is 0 Å². The van der Waals surface area contributed by atoms with Crippen LogP contribution in [-0.4, -0.2) is 18.8 Å². The molecule has 0 aliphatic carbocycles. The minimum atomic E-state index is -0.708. The van der Waals surface area contributed by atoms with Gasteiger partial charge in [0, 0.05) is 4.90 Å². The number of carbonyl (C=O) groups is 1. The number of carbonyl (C=O) groups excluding carboxylic acids is 1. The third kappa shape index (κ3) is 3.43. The first-order valence-electron chi connectivity index (χ1n) is 4.63. The Balaban J connectivity index is 2.73. The van der Waals surface area contributed by atoms with E-state index in [2.05, 4.69) is 0 Å². The van der Waals surface area contributed by atoms with Gasteiger partial charge in [0.05, 0.1) is 6.61 Å². The maximum atomic E-state index is 11.3. The van der Waals surface area contributed by atoms with E-state index in [0.717, 1.165) is 10.5 Å². The fourth-order valence-corrected chi connectivity index (χ4v) is 1.74. The summed E-state index contributed by atoms with van der Waals surface area (Å²) in [5.74, 6) is -0.393. The van der Waals surface area contributed by atoms with Crippen molar-refractivity contribution in [3.8, 4) is 0 Å².